The molecule has 0 aliphatic carbocycles. The molecule has 0 bridgehead atoms. The maximum atomic E-state index is 11.7. The normalized spacial score (nSPS) is 15.1. The van der Waals surface area contributed by atoms with Gasteiger partial charge in [0.25, 0.3) is 5.91 Å². The quantitative estimate of drug-likeness (QED) is 0.834. The van der Waals surface area contributed by atoms with E-state index in [2.05, 4.69) is 15.9 Å². The van der Waals surface area contributed by atoms with Crippen LogP contribution < -0.4 is 0 Å². The fourth-order valence-electron chi connectivity index (χ4n) is 1.38. The highest BCUT2D eigenvalue weighted by atomic mass is 79.9. The maximum absolute atomic E-state index is 11.7. The summed E-state index contributed by atoms with van der Waals surface area (Å²) >= 11 is 3.18. The Kier molecular flexibility index (Phi) is 2.46. The van der Waals surface area contributed by atoms with Gasteiger partial charge in [0.15, 0.2) is 0 Å². The number of benzene rings is 1. The fourth-order valence-corrected chi connectivity index (χ4v) is 1.74. The number of hydrogen-bond donors (Lipinski definition) is 1. The van der Waals surface area contributed by atoms with Crippen molar-refractivity contribution >= 4 is 21.8 Å². The van der Waals surface area contributed by atoms with Crippen LogP contribution in [0.15, 0.2) is 22.7 Å². The van der Waals surface area contributed by atoms with E-state index < -0.39 is 0 Å². The van der Waals surface area contributed by atoms with Crippen molar-refractivity contribution in [2.45, 2.75) is 6.42 Å². The maximum Gasteiger partial charge on any atom is 0.257 e. The van der Waals surface area contributed by atoms with E-state index in [0.717, 1.165) is 19.5 Å². The molecule has 0 spiro atoms. The standard InChI is InChI=1S/C10H10BrNO2/c11-8-4-1-3-7(9(8)13)10(14)12-5-2-6-12/h1,3-4,13H,2,5-6H2. The predicted octanol–water partition coefficient (Wildman–Crippen LogP) is 2.00. The van der Waals surface area contributed by atoms with Crippen LogP contribution in [0.2, 0.25) is 0 Å². The van der Waals surface area contributed by atoms with Gasteiger partial charge in [-0.05, 0) is 34.5 Å². The lowest BCUT2D eigenvalue weighted by molar-refractivity contribution is 0.0648. The van der Waals surface area contributed by atoms with Gasteiger partial charge >= 0.3 is 0 Å². The van der Waals surface area contributed by atoms with E-state index in [0.29, 0.717) is 10.0 Å². The number of halogens is 1. The molecule has 0 saturated carbocycles. The molecule has 14 heavy (non-hydrogen) atoms. The number of rotatable bonds is 1. The Labute approximate surface area is 90.5 Å². The number of para-hydroxylation sites is 1. The number of phenols is 1. The Balaban J connectivity index is 2.31. The molecule has 1 amide bonds. The van der Waals surface area contributed by atoms with Crippen LogP contribution in [0, 0.1) is 0 Å². The van der Waals surface area contributed by atoms with Crippen molar-refractivity contribution in [2.75, 3.05) is 13.1 Å². The van der Waals surface area contributed by atoms with E-state index >= 15 is 0 Å². The molecule has 3 nitrogen and oxygen atoms in total. The van der Waals surface area contributed by atoms with Crippen molar-refractivity contribution in [1.82, 2.24) is 4.90 Å². The number of hydrogen-bond acceptors (Lipinski definition) is 2. The minimum absolute atomic E-state index is 0.0319. The molecule has 2 rings (SSSR count). The van der Waals surface area contributed by atoms with Crippen molar-refractivity contribution < 1.29 is 9.90 Å². The molecule has 0 atom stereocenters. The Bertz CT molecular complexity index is 374. The number of nitrogens with zero attached hydrogens (tertiary/aromatic N) is 1. The molecular formula is C10H10BrNO2. The lowest BCUT2D eigenvalue weighted by Gasteiger charge is -2.31. The van der Waals surface area contributed by atoms with Crippen molar-refractivity contribution in [3.8, 4) is 5.75 Å². The summed E-state index contributed by atoms with van der Waals surface area (Å²) in [6.45, 7) is 1.59. The molecule has 1 heterocycles. The summed E-state index contributed by atoms with van der Waals surface area (Å²) in [4.78, 5) is 13.5. The van der Waals surface area contributed by atoms with Gasteiger partial charge in [-0.1, -0.05) is 6.07 Å². The zero-order valence-corrected chi connectivity index (χ0v) is 9.12. The monoisotopic (exact) mass is 255 g/mol. The van der Waals surface area contributed by atoms with E-state index in [9.17, 15) is 9.90 Å². The summed E-state index contributed by atoms with van der Waals surface area (Å²) in [5.41, 5.74) is 0.374. The Morgan fingerprint density at radius 1 is 1.43 bits per heavy atom. The highest BCUT2D eigenvalue weighted by Crippen LogP contribution is 2.29. The molecule has 0 aromatic heterocycles. The third kappa shape index (κ3) is 1.50. The van der Waals surface area contributed by atoms with Gasteiger partial charge in [0.1, 0.15) is 5.75 Å². The van der Waals surface area contributed by atoms with Crippen LogP contribution in [0.4, 0.5) is 0 Å². The zero-order valence-electron chi connectivity index (χ0n) is 7.53. The average molecular weight is 256 g/mol. The van der Waals surface area contributed by atoms with Crippen LogP contribution in [0.3, 0.4) is 0 Å². The van der Waals surface area contributed by atoms with E-state index in [1.165, 1.54) is 0 Å². The van der Waals surface area contributed by atoms with Gasteiger partial charge in [0, 0.05) is 13.1 Å². The summed E-state index contributed by atoms with van der Waals surface area (Å²) in [7, 11) is 0. The van der Waals surface area contributed by atoms with Gasteiger partial charge in [-0.2, -0.15) is 0 Å². The first-order valence-corrected chi connectivity index (χ1v) is 5.26. The highest BCUT2D eigenvalue weighted by molar-refractivity contribution is 9.10. The van der Waals surface area contributed by atoms with E-state index in [1.54, 1.807) is 23.1 Å². The first-order valence-electron chi connectivity index (χ1n) is 4.47. The molecule has 0 radical (unpaired) electrons. The largest absolute Gasteiger partial charge is 0.506 e. The van der Waals surface area contributed by atoms with Gasteiger partial charge in [0.2, 0.25) is 0 Å². The minimum atomic E-state index is -0.0879. The third-order valence-electron chi connectivity index (χ3n) is 2.36. The first kappa shape index (κ1) is 9.52. The summed E-state index contributed by atoms with van der Waals surface area (Å²) in [5, 5.41) is 9.64. The molecular weight excluding hydrogens is 246 g/mol. The van der Waals surface area contributed by atoms with Crippen LogP contribution in [0.1, 0.15) is 16.8 Å². The predicted molar refractivity (Wildman–Crippen MR) is 56.3 cm³/mol. The Morgan fingerprint density at radius 3 is 2.71 bits per heavy atom. The molecule has 0 unspecified atom stereocenters. The van der Waals surface area contributed by atoms with E-state index in [4.69, 9.17) is 0 Å². The second-order valence-corrected chi connectivity index (χ2v) is 4.14. The number of likely N-dealkylation sites (tertiary alicyclic amines) is 1. The number of amides is 1. The minimum Gasteiger partial charge on any atom is -0.506 e. The average Bonchev–Trinajstić information content (AvgIpc) is 2.06. The van der Waals surface area contributed by atoms with Crippen LogP contribution in [0.5, 0.6) is 5.75 Å². The van der Waals surface area contributed by atoms with Gasteiger partial charge in [0.05, 0.1) is 10.0 Å². The molecule has 1 aliphatic heterocycles. The van der Waals surface area contributed by atoms with Crippen LogP contribution in [0.25, 0.3) is 0 Å². The molecule has 4 heteroatoms. The number of aromatic hydroxyl groups is 1. The number of phenolic OH excluding ortho intramolecular Hbond substituents is 1. The molecule has 1 aliphatic rings. The van der Waals surface area contributed by atoms with E-state index in [-0.39, 0.29) is 11.7 Å². The van der Waals surface area contributed by atoms with Gasteiger partial charge < -0.3 is 10.0 Å². The van der Waals surface area contributed by atoms with Gasteiger partial charge in [-0.25, -0.2) is 0 Å². The summed E-state index contributed by atoms with van der Waals surface area (Å²) in [6, 6.07) is 5.10. The zero-order chi connectivity index (χ0) is 10.1. The second kappa shape index (κ2) is 3.61. The first-order chi connectivity index (χ1) is 6.70. The lowest BCUT2D eigenvalue weighted by atomic mass is 10.1. The fraction of sp³-hybridized carbons (Fsp3) is 0.300. The number of carbonyl (C=O) groups excluding carboxylic acids is 1. The van der Waals surface area contributed by atoms with Crippen molar-refractivity contribution in [1.29, 1.82) is 0 Å². The third-order valence-corrected chi connectivity index (χ3v) is 3.00. The molecule has 74 valence electrons. The van der Waals surface area contributed by atoms with Crippen LogP contribution >= 0.6 is 15.9 Å². The van der Waals surface area contributed by atoms with Crippen molar-refractivity contribution in [3.63, 3.8) is 0 Å². The SMILES string of the molecule is O=C(c1cccc(Br)c1O)N1CCC1. The smallest absolute Gasteiger partial charge is 0.257 e. The molecule has 1 fully saturated rings. The second-order valence-electron chi connectivity index (χ2n) is 3.28. The van der Waals surface area contributed by atoms with Gasteiger partial charge in [-0.15, -0.1) is 0 Å². The van der Waals surface area contributed by atoms with Gasteiger partial charge in [-0.3, -0.25) is 4.79 Å². The molecule has 1 aromatic rings. The number of carbonyl (C=O) groups is 1. The van der Waals surface area contributed by atoms with E-state index in [1.807, 2.05) is 0 Å². The van der Waals surface area contributed by atoms with Crippen molar-refractivity contribution in [2.24, 2.45) is 0 Å². The Hall–Kier alpha value is -1.03. The molecule has 1 aromatic carbocycles. The topological polar surface area (TPSA) is 40.5 Å². The lowest BCUT2D eigenvalue weighted by Crippen LogP contribution is -2.42. The van der Waals surface area contributed by atoms with Crippen molar-refractivity contribution in [3.05, 3.63) is 28.2 Å². The highest BCUT2D eigenvalue weighted by Gasteiger charge is 2.24. The summed E-state index contributed by atoms with van der Waals surface area (Å²) in [5.74, 6) is -0.0561. The van der Waals surface area contributed by atoms with Crippen LogP contribution in [-0.2, 0) is 0 Å². The molecule has 1 N–H and O–H groups in total. The molecule has 1 saturated heterocycles. The van der Waals surface area contributed by atoms with Crippen LogP contribution in [-0.4, -0.2) is 29.0 Å². The Morgan fingerprint density at radius 2 is 2.14 bits per heavy atom. The summed E-state index contributed by atoms with van der Waals surface area (Å²) in [6.07, 6.45) is 1.06. The summed E-state index contributed by atoms with van der Waals surface area (Å²) < 4.78 is 0.559.